The Bertz CT molecular complexity index is 3210. The van der Waals surface area contributed by atoms with E-state index in [4.69, 9.17) is 9.47 Å². The number of imide groups is 1. The summed E-state index contributed by atoms with van der Waals surface area (Å²) >= 11 is 0. The predicted octanol–water partition coefficient (Wildman–Crippen LogP) is 13.1. The van der Waals surface area contributed by atoms with Crippen LogP contribution in [0.5, 0.6) is 23.0 Å². The summed E-state index contributed by atoms with van der Waals surface area (Å²) in [6.07, 6.45) is 0. The molecule has 0 N–H and O–H groups in total. The van der Waals surface area contributed by atoms with Crippen molar-refractivity contribution in [2.75, 3.05) is 19.6 Å². The van der Waals surface area contributed by atoms with Crippen LogP contribution in [-0.2, 0) is 6.54 Å². The van der Waals surface area contributed by atoms with Crippen molar-refractivity contribution in [3.05, 3.63) is 203 Å². The number of fused-ring (bicyclic) bond motifs is 6. The second-order valence-electron chi connectivity index (χ2n) is 16.1. The lowest BCUT2D eigenvalue weighted by atomic mass is 9.99. The van der Waals surface area contributed by atoms with E-state index in [-0.39, 0.29) is 17.7 Å². The zero-order chi connectivity index (χ0) is 42.5. The predicted molar refractivity (Wildman–Crippen MR) is 245 cm³/mol. The summed E-state index contributed by atoms with van der Waals surface area (Å²) in [5.41, 5.74) is 12.0. The second kappa shape index (κ2) is 13.8. The molecule has 8 aromatic carbocycles. The van der Waals surface area contributed by atoms with E-state index >= 15 is 0 Å². The standard InChI is InChI=1S/C54H36N4O5/c1-32-29-34(25-27-38(32)55-31-36-13-11-19-44(50(36)53(55)60)56-40-15-3-7-21-46(40)62-47-22-8-4-16-41(47)56)35-26-28-39(33(2)30-35)58-52(59)37-14-12-20-45(51(37)54(58)61)57-42-17-5-9-23-48(42)63-49-24-10-6-18-43(49)57/h3-30H,31H2,1-2H3. The van der Waals surface area contributed by atoms with Gasteiger partial charge < -0.3 is 24.2 Å². The fourth-order valence-electron chi connectivity index (χ4n) is 9.55. The Hall–Kier alpha value is -8.43. The molecule has 3 amide bonds. The number of amides is 3. The van der Waals surface area contributed by atoms with E-state index in [0.29, 0.717) is 46.1 Å². The molecule has 302 valence electrons. The molecule has 12 rings (SSSR count). The zero-order valence-corrected chi connectivity index (χ0v) is 34.2. The van der Waals surface area contributed by atoms with Gasteiger partial charge in [-0.3, -0.25) is 14.4 Å². The maximum atomic E-state index is 14.6. The zero-order valence-electron chi connectivity index (χ0n) is 34.2. The molecule has 0 radical (unpaired) electrons. The van der Waals surface area contributed by atoms with E-state index in [2.05, 4.69) is 11.0 Å². The van der Waals surface area contributed by atoms with Gasteiger partial charge in [-0.05, 0) is 133 Å². The maximum absolute atomic E-state index is 14.6. The van der Waals surface area contributed by atoms with Gasteiger partial charge in [0.2, 0.25) is 0 Å². The van der Waals surface area contributed by atoms with E-state index in [1.807, 2.05) is 181 Å². The first-order valence-corrected chi connectivity index (χ1v) is 20.8. The number of hydrogen-bond acceptors (Lipinski definition) is 7. The SMILES string of the molecule is Cc1cc(-c2ccc(N3C(=O)c4cccc(N5c6ccccc6Oc6ccccc65)c4C3=O)c(C)c2)ccc1N1Cc2cccc(N3c4ccccc4Oc4ccccc43)c2C1=O. The minimum Gasteiger partial charge on any atom is -0.453 e. The van der Waals surface area contributed by atoms with Crippen LogP contribution < -0.4 is 29.1 Å². The average molecular weight is 821 g/mol. The lowest BCUT2D eigenvalue weighted by Gasteiger charge is -2.33. The Morgan fingerprint density at radius 3 is 1.33 bits per heavy atom. The molecule has 4 aliphatic heterocycles. The van der Waals surface area contributed by atoms with Gasteiger partial charge in [0.15, 0.2) is 23.0 Å². The number of para-hydroxylation sites is 8. The monoisotopic (exact) mass is 820 g/mol. The summed E-state index contributed by atoms with van der Waals surface area (Å²) in [5, 5.41) is 0. The summed E-state index contributed by atoms with van der Waals surface area (Å²) in [7, 11) is 0. The van der Waals surface area contributed by atoms with Gasteiger partial charge in [-0.2, -0.15) is 0 Å². The highest BCUT2D eigenvalue weighted by Gasteiger charge is 2.42. The fraction of sp³-hybridized carbons (Fsp3) is 0.0556. The molecule has 8 aromatic rings. The smallest absolute Gasteiger partial charge is 0.268 e. The molecule has 0 bridgehead atoms. The van der Waals surface area contributed by atoms with Crippen molar-refractivity contribution in [1.82, 2.24) is 0 Å². The first-order valence-electron chi connectivity index (χ1n) is 20.8. The fourth-order valence-corrected chi connectivity index (χ4v) is 9.55. The van der Waals surface area contributed by atoms with Gasteiger partial charge in [-0.25, -0.2) is 4.90 Å². The van der Waals surface area contributed by atoms with Crippen LogP contribution in [0.15, 0.2) is 170 Å². The maximum Gasteiger partial charge on any atom is 0.268 e. The minimum absolute atomic E-state index is 0.0655. The number of rotatable bonds is 5. The summed E-state index contributed by atoms with van der Waals surface area (Å²) in [5.74, 6) is 1.95. The molecule has 9 heteroatoms. The molecule has 0 unspecified atom stereocenters. The lowest BCUT2D eigenvalue weighted by molar-refractivity contribution is 0.0924. The molecule has 0 saturated heterocycles. The van der Waals surface area contributed by atoms with Gasteiger partial charge in [0.1, 0.15) is 0 Å². The van der Waals surface area contributed by atoms with Crippen molar-refractivity contribution in [3.8, 4) is 34.1 Å². The van der Waals surface area contributed by atoms with Crippen molar-refractivity contribution < 1.29 is 23.9 Å². The lowest BCUT2D eigenvalue weighted by Crippen LogP contribution is -2.30. The Balaban J connectivity index is 0.842. The molecule has 0 saturated carbocycles. The van der Waals surface area contributed by atoms with Gasteiger partial charge in [-0.1, -0.05) is 78.9 Å². The second-order valence-corrected chi connectivity index (χ2v) is 16.1. The normalized spacial score (nSPS) is 14.3. The molecule has 0 fully saturated rings. The molecule has 4 aliphatic rings. The van der Waals surface area contributed by atoms with Crippen LogP contribution in [0.2, 0.25) is 0 Å². The Morgan fingerprint density at radius 1 is 0.381 bits per heavy atom. The van der Waals surface area contributed by atoms with Crippen molar-refractivity contribution in [2.24, 2.45) is 0 Å². The Morgan fingerprint density at radius 2 is 0.825 bits per heavy atom. The van der Waals surface area contributed by atoms with Crippen LogP contribution in [0.4, 0.5) is 45.5 Å². The molecule has 0 aromatic heterocycles. The van der Waals surface area contributed by atoms with Crippen LogP contribution in [0.25, 0.3) is 11.1 Å². The molecule has 4 heterocycles. The van der Waals surface area contributed by atoms with Gasteiger partial charge >= 0.3 is 0 Å². The number of anilines is 8. The first-order chi connectivity index (χ1) is 30.8. The third kappa shape index (κ3) is 5.46. The van der Waals surface area contributed by atoms with Gasteiger partial charge in [0.25, 0.3) is 17.7 Å². The van der Waals surface area contributed by atoms with Crippen molar-refractivity contribution in [3.63, 3.8) is 0 Å². The highest BCUT2D eigenvalue weighted by atomic mass is 16.5. The van der Waals surface area contributed by atoms with Crippen LogP contribution in [0.1, 0.15) is 47.8 Å². The number of aryl methyl sites for hydroxylation is 2. The van der Waals surface area contributed by atoms with Crippen LogP contribution in [-0.4, -0.2) is 17.7 Å². The molecule has 0 atom stereocenters. The summed E-state index contributed by atoms with van der Waals surface area (Å²) in [6.45, 7) is 4.38. The van der Waals surface area contributed by atoms with E-state index < -0.39 is 0 Å². The van der Waals surface area contributed by atoms with Crippen molar-refractivity contribution in [1.29, 1.82) is 0 Å². The summed E-state index contributed by atoms with van der Waals surface area (Å²) in [6, 6.07) is 54.5. The molecule has 0 spiro atoms. The third-order valence-corrected chi connectivity index (χ3v) is 12.4. The molecule has 9 nitrogen and oxygen atoms in total. The van der Waals surface area contributed by atoms with E-state index in [9.17, 15) is 14.4 Å². The Labute approximate surface area is 363 Å². The van der Waals surface area contributed by atoms with Crippen molar-refractivity contribution >= 4 is 63.2 Å². The molecular weight excluding hydrogens is 785 g/mol. The van der Waals surface area contributed by atoms with Crippen LogP contribution in [0.3, 0.4) is 0 Å². The minimum atomic E-state index is -0.385. The number of nitrogens with zero attached hydrogens (tertiary/aromatic N) is 4. The van der Waals surface area contributed by atoms with Crippen LogP contribution in [0, 0.1) is 13.8 Å². The average Bonchev–Trinajstić information content (AvgIpc) is 3.78. The highest BCUT2D eigenvalue weighted by Crippen LogP contribution is 2.54. The van der Waals surface area contributed by atoms with E-state index in [1.54, 1.807) is 6.07 Å². The molecular formula is C54H36N4O5. The molecule has 63 heavy (non-hydrogen) atoms. The number of benzene rings is 8. The number of carbonyl (C=O) groups is 3. The third-order valence-electron chi connectivity index (χ3n) is 12.4. The van der Waals surface area contributed by atoms with E-state index in [1.165, 1.54) is 4.90 Å². The van der Waals surface area contributed by atoms with Gasteiger partial charge in [0, 0.05) is 5.69 Å². The summed E-state index contributed by atoms with van der Waals surface area (Å²) < 4.78 is 12.5. The number of ether oxygens (including phenoxy) is 2. The van der Waals surface area contributed by atoms with Gasteiger partial charge in [-0.15, -0.1) is 0 Å². The Kier molecular flexibility index (Phi) is 7.98. The first kappa shape index (κ1) is 36.4. The number of hydrogen-bond donors (Lipinski definition) is 0. The van der Waals surface area contributed by atoms with E-state index in [0.717, 1.165) is 73.4 Å². The topological polar surface area (TPSA) is 82.6 Å². The quantitative estimate of drug-likeness (QED) is 0.160. The summed E-state index contributed by atoms with van der Waals surface area (Å²) in [4.78, 5) is 50.6. The van der Waals surface area contributed by atoms with Crippen LogP contribution >= 0.6 is 0 Å². The van der Waals surface area contributed by atoms with Crippen molar-refractivity contribution in [2.45, 2.75) is 20.4 Å². The van der Waals surface area contributed by atoms with Gasteiger partial charge in [0.05, 0.1) is 63.0 Å². The number of carbonyl (C=O) groups excluding carboxylic acids is 3. The largest absolute Gasteiger partial charge is 0.453 e. The molecule has 0 aliphatic carbocycles. The highest BCUT2D eigenvalue weighted by molar-refractivity contribution is 6.36.